The monoisotopic (exact) mass is 177 g/mol. The third-order valence-corrected chi connectivity index (χ3v) is 1.49. The third-order valence-electron chi connectivity index (χ3n) is 1.49. The highest BCUT2D eigenvalue weighted by Crippen LogP contribution is 2.08. The van der Waals surface area contributed by atoms with Gasteiger partial charge in [0.15, 0.2) is 0 Å². The molecule has 12 heavy (non-hydrogen) atoms. The first kappa shape index (κ1) is 10.9. The van der Waals surface area contributed by atoms with Crippen molar-refractivity contribution in [2.75, 3.05) is 6.61 Å². The molecule has 0 aliphatic heterocycles. The van der Waals surface area contributed by atoms with Crippen LogP contribution in [0, 0.1) is 0 Å². The zero-order valence-electron chi connectivity index (χ0n) is 6.36. The van der Waals surface area contributed by atoms with Gasteiger partial charge in [-0.05, 0) is 6.42 Å². The number of aliphatic hydroxyl groups excluding tert-OH is 1. The molecule has 0 saturated carbocycles. The van der Waals surface area contributed by atoms with Gasteiger partial charge in [0.25, 0.3) is 0 Å². The van der Waals surface area contributed by atoms with E-state index < -0.39 is 24.1 Å². The van der Waals surface area contributed by atoms with E-state index in [1.54, 1.807) is 0 Å². The average molecular weight is 177 g/mol. The second kappa shape index (κ2) is 4.03. The number of aliphatic carboxylic acids is 2. The lowest BCUT2D eigenvalue weighted by atomic mass is 9.96. The van der Waals surface area contributed by atoms with E-state index in [4.69, 9.17) is 21.1 Å². The summed E-state index contributed by atoms with van der Waals surface area (Å²) in [6, 6.07) is 0. The second-order valence-electron chi connectivity index (χ2n) is 2.51. The van der Waals surface area contributed by atoms with Gasteiger partial charge in [0.05, 0.1) is 6.61 Å². The molecular weight excluding hydrogens is 166 g/mol. The van der Waals surface area contributed by atoms with Crippen molar-refractivity contribution in [1.29, 1.82) is 0 Å². The highest BCUT2D eigenvalue weighted by Gasteiger charge is 2.33. The maximum Gasteiger partial charge on any atom is 0.326 e. The van der Waals surface area contributed by atoms with Gasteiger partial charge >= 0.3 is 11.9 Å². The molecule has 0 aliphatic rings. The Bertz CT molecular complexity index is 192. The number of hydrogen-bond donors (Lipinski definition) is 4. The van der Waals surface area contributed by atoms with E-state index >= 15 is 0 Å². The largest absolute Gasteiger partial charge is 0.481 e. The topological polar surface area (TPSA) is 121 Å². The molecule has 1 atom stereocenters. The summed E-state index contributed by atoms with van der Waals surface area (Å²) in [7, 11) is 0. The Kier molecular flexibility index (Phi) is 3.65. The molecule has 0 amide bonds. The minimum Gasteiger partial charge on any atom is -0.481 e. The molecule has 0 aromatic heterocycles. The van der Waals surface area contributed by atoms with Crippen LogP contribution in [-0.4, -0.2) is 39.4 Å². The van der Waals surface area contributed by atoms with Crippen LogP contribution >= 0.6 is 0 Å². The van der Waals surface area contributed by atoms with E-state index in [0.717, 1.165) is 0 Å². The molecule has 0 aromatic carbocycles. The van der Waals surface area contributed by atoms with Crippen LogP contribution < -0.4 is 5.73 Å². The zero-order chi connectivity index (χ0) is 9.78. The predicted molar refractivity (Wildman–Crippen MR) is 38.5 cm³/mol. The van der Waals surface area contributed by atoms with Gasteiger partial charge < -0.3 is 21.1 Å². The molecule has 0 rings (SSSR count). The molecule has 1 unspecified atom stereocenters. The average Bonchev–Trinajstić information content (AvgIpc) is 1.99. The molecule has 0 aromatic rings. The molecule has 6 nitrogen and oxygen atoms in total. The lowest BCUT2D eigenvalue weighted by Crippen LogP contribution is -2.51. The summed E-state index contributed by atoms with van der Waals surface area (Å²) >= 11 is 0. The van der Waals surface area contributed by atoms with E-state index in [1.165, 1.54) is 0 Å². The summed E-state index contributed by atoms with van der Waals surface area (Å²) in [6.45, 7) is -0.768. The molecule has 0 bridgehead atoms. The summed E-state index contributed by atoms with van der Waals surface area (Å²) in [6.07, 6.45) is -0.655. The van der Waals surface area contributed by atoms with Gasteiger partial charge in [-0.1, -0.05) is 0 Å². The van der Waals surface area contributed by atoms with Crippen molar-refractivity contribution in [3.05, 3.63) is 0 Å². The fourth-order valence-electron chi connectivity index (χ4n) is 0.584. The summed E-state index contributed by atoms with van der Waals surface area (Å²) in [5.41, 5.74) is 3.34. The molecule has 5 N–H and O–H groups in total. The Balaban J connectivity index is 4.15. The van der Waals surface area contributed by atoms with Crippen LogP contribution in [0.15, 0.2) is 0 Å². The lowest BCUT2D eigenvalue weighted by Gasteiger charge is -2.20. The van der Waals surface area contributed by atoms with Gasteiger partial charge in [-0.3, -0.25) is 9.59 Å². The van der Waals surface area contributed by atoms with Crippen molar-refractivity contribution in [2.45, 2.75) is 18.4 Å². The fraction of sp³-hybridized carbons (Fsp3) is 0.667. The zero-order valence-corrected chi connectivity index (χ0v) is 6.36. The third kappa shape index (κ3) is 2.85. The van der Waals surface area contributed by atoms with E-state index in [2.05, 4.69) is 0 Å². The molecule has 0 spiro atoms. The van der Waals surface area contributed by atoms with E-state index in [1.807, 2.05) is 0 Å². The smallest absolute Gasteiger partial charge is 0.326 e. The van der Waals surface area contributed by atoms with Crippen LogP contribution in [0.4, 0.5) is 0 Å². The Morgan fingerprint density at radius 1 is 1.33 bits per heavy atom. The first-order valence-corrected chi connectivity index (χ1v) is 3.27. The lowest BCUT2D eigenvalue weighted by molar-refractivity contribution is -0.146. The first-order chi connectivity index (χ1) is 5.42. The standard InChI is InChI=1S/C6H11NO5/c7-6(3-8,5(11)12)2-1-4(9)10/h8H,1-3,7H2,(H,9,10)(H,11,12). The summed E-state index contributed by atoms with van der Waals surface area (Å²) in [4.78, 5) is 20.4. The highest BCUT2D eigenvalue weighted by atomic mass is 16.4. The highest BCUT2D eigenvalue weighted by molar-refractivity contribution is 5.79. The molecule has 0 fully saturated rings. The van der Waals surface area contributed by atoms with Crippen LogP contribution in [0.3, 0.4) is 0 Å². The Morgan fingerprint density at radius 2 is 1.83 bits per heavy atom. The Hall–Kier alpha value is -1.14. The van der Waals surface area contributed by atoms with Crippen LogP contribution in [-0.2, 0) is 9.59 Å². The number of carboxylic acids is 2. The summed E-state index contributed by atoms with van der Waals surface area (Å²) in [5, 5.41) is 25.3. The molecule has 6 heteroatoms. The Morgan fingerprint density at radius 3 is 2.08 bits per heavy atom. The minimum absolute atomic E-state index is 0.284. The molecule has 0 aliphatic carbocycles. The van der Waals surface area contributed by atoms with Gasteiger partial charge in [0.2, 0.25) is 0 Å². The molecule has 0 radical (unpaired) electrons. The van der Waals surface area contributed by atoms with Crippen molar-refractivity contribution in [3.8, 4) is 0 Å². The fourth-order valence-corrected chi connectivity index (χ4v) is 0.584. The quantitative estimate of drug-likeness (QED) is 0.411. The minimum atomic E-state index is -1.83. The van der Waals surface area contributed by atoms with Gasteiger partial charge in [-0.15, -0.1) is 0 Å². The Labute approximate surface area is 68.6 Å². The SMILES string of the molecule is NC(CO)(CCC(=O)O)C(=O)O. The van der Waals surface area contributed by atoms with E-state index in [9.17, 15) is 9.59 Å². The van der Waals surface area contributed by atoms with Gasteiger partial charge in [-0.2, -0.15) is 0 Å². The molecule has 70 valence electrons. The van der Waals surface area contributed by atoms with Gasteiger partial charge in [0.1, 0.15) is 5.54 Å². The van der Waals surface area contributed by atoms with Crippen molar-refractivity contribution in [3.63, 3.8) is 0 Å². The number of carbonyl (C=O) groups is 2. The number of aliphatic hydroxyl groups is 1. The number of rotatable bonds is 5. The maximum absolute atomic E-state index is 10.4. The predicted octanol–water partition coefficient (Wildman–Crippen LogP) is -1.37. The van der Waals surface area contributed by atoms with Gasteiger partial charge in [-0.25, -0.2) is 0 Å². The van der Waals surface area contributed by atoms with Crippen molar-refractivity contribution in [1.82, 2.24) is 0 Å². The molecule has 0 heterocycles. The molecular formula is C6H11NO5. The van der Waals surface area contributed by atoms with Crippen LogP contribution in [0.1, 0.15) is 12.8 Å². The summed E-state index contributed by atoms with van der Waals surface area (Å²) in [5.74, 6) is -2.54. The summed E-state index contributed by atoms with van der Waals surface area (Å²) < 4.78 is 0. The number of nitrogens with two attached hydrogens (primary N) is 1. The number of carboxylic acid groups (broad SMARTS) is 2. The van der Waals surface area contributed by atoms with E-state index in [-0.39, 0.29) is 12.8 Å². The van der Waals surface area contributed by atoms with Crippen molar-refractivity contribution < 1.29 is 24.9 Å². The molecule has 0 saturated heterocycles. The maximum atomic E-state index is 10.4. The normalized spacial score (nSPS) is 15.2. The van der Waals surface area contributed by atoms with Crippen molar-refractivity contribution in [2.24, 2.45) is 5.73 Å². The number of hydrogen-bond acceptors (Lipinski definition) is 4. The van der Waals surface area contributed by atoms with Crippen LogP contribution in [0.5, 0.6) is 0 Å². The first-order valence-electron chi connectivity index (χ1n) is 3.27. The van der Waals surface area contributed by atoms with Crippen LogP contribution in [0.2, 0.25) is 0 Å². The second-order valence-corrected chi connectivity index (χ2v) is 2.51. The van der Waals surface area contributed by atoms with Crippen molar-refractivity contribution >= 4 is 11.9 Å². The van der Waals surface area contributed by atoms with Gasteiger partial charge in [0, 0.05) is 6.42 Å². The van der Waals surface area contributed by atoms with E-state index in [0.29, 0.717) is 0 Å². The van der Waals surface area contributed by atoms with Crippen LogP contribution in [0.25, 0.3) is 0 Å².